The van der Waals surface area contributed by atoms with Gasteiger partial charge in [-0.25, -0.2) is 10.4 Å². The number of nitrogens with one attached hydrogen (secondary N) is 3. The Kier molecular flexibility index (Phi) is 4.26. The van der Waals surface area contributed by atoms with Crippen molar-refractivity contribution in [3.8, 4) is 0 Å². The Morgan fingerprint density at radius 2 is 2.20 bits per heavy atom. The van der Waals surface area contributed by atoms with E-state index in [1.807, 2.05) is 0 Å². The molecule has 6 nitrogen and oxygen atoms in total. The van der Waals surface area contributed by atoms with Crippen LogP contribution >= 0.6 is 0 Å². The molecular formula is C14H26N4O2. The maximum Gasteiger partial charge on any atom is 0.240 e. The number of hydrogen-bond acceptors (Lipinski definition) is 5. The molecule has 0 spiro atoms. The van der Waals surface area contributed by atoms with Gasteiger partial charge in [-0.05, 0) is 25.2 Å². The summed E-state index contributed by atoms with van der Waals surface area (Å²) in [7, 11) is 0. The Labute approximate surface area is 120 Å². The van der Waals surface area contributed by atoms with E-state index in [-0.39, 0.29) is 24.2 Å². The molecule has 4 atom stereocenters. The molecule has 0 saturated carbocycles. The first-order valence-corrected chi connectivity index (χ1v) is 7.88. The van der Waals surface area contributed by atoms with Crippen molar-refractivity contribution < 1.29 is 9.63 Å². The van der Waals surface area contributed by atoms with Crippen LogP contribution in [0.4, 0.5) is 0 Å². The van der Waals surface area contributed by atoms with Crippen molar-refractivity contribution in [2.24, 2.45) is 5.92 Å². The maximum atomic E-state index is 12.3. The summed E-state index contributed by atoms with van der Waals surface area (Å²) in [5.41, 5.74) is 6.29. The van der Waals surface area contributed by atoms with Gasteiger partial charge in [0, 0.05) is 19.0 Å². The first-order valence-electron chi connectivity index (χ1n) is 7.88. The third-order valence-corrected chi connectivity index (χ3v) is 4.66. The molecule has 3 N–H and O–H groups in total. The highest BCUT2D eigenvalue weighted by molar-refractivity contribution is 5.82. The Bertz CT molecular complexity index is 349. The minimum absolute atomic E-state index is 0.0468. The number of fused-ring (bicyclic) bond motifs is 1. The third-order valence-electron chi connectivity index (χ3n) is 4.66. The van der Waals surface area contributed by atoms with Gasteiger partial charge in [0.15, 0.2) is 0 Å². The van der Waals surface area contributed by atoms with Gasteiger partial charge >= 0.3 is 0 Å². The van der Waals surface area contributed by atoms with Crippen LogP contribution in [-0.2, 0) is 9.63 Å². The van der Waals surface area contributed by atoms with E-state index in [0.29, 0.717) is 12.0 Å². The molecule has 3 saturated heterocycles. The van der Waals surface area contributed by atoms with Crippen molar-refractivity contribution in [3.63, 3.8) is 0 Å². The maximum absolute atomic E-state index is 12.3. The lowest BCUT2D eigenvalue weighted by Gasteiger charge is -2.28. The second-order valence-electron chi connectivity index (χ2n) is 6.58. The second kappa shape index (κ2) is 5.97. The first kappa shape index (κ1) is 14.3. The second-order valence-corrected chi connectivity index (χ2v) is 6.58. The lowest BCUT2D eigenvalue weighted by Crippen LogP contribution is -2.51. The van der Waals surface area contributed by atoms with Crippen LogP contribution in [0.3, 0.4) is 0 Å². The van der Waals surface area contributed by atoms with E-state index in [1.165, 1.54) is 19.3 Å². The zero-order valence-corrected chi connectivity index (χ0v) is 12.4. The molecule has 3 aliphatic rings. The van der Waals surface area contributed by atoms with E-state index >= 15 is 0 Å². The van der Waals surface area contributed by atoms with Gasteiger partial charge in [0.1, 0.15) is 6.04 Å². The number of hydroxylamine groups is 1. The van der Waals surface area contributed by atoms with Crippen molar-refractivity contribution in [2.45, 2.75) is 70.3 Å². The normalized spacial score (nSPS) is 38.1. The summed E-state index contributed by atoms with van der Waals surface area (Å²) in [5.74, 6) is 0.476. The van der Waals surface area contributed by atoms with Crippen molar-refractivity contribution in [1.82, 2.24) is 21.2 Å². The standard InChI is InChI=1S/C14H26N4O2/c1-9(2)12-8-11(17-20-12)14(19)15-13-7-10-5-3-4-6-18(10)16-13/h9-13,16-17H,3-8H2,1-2H3,(H,15,19). The van der Waals surface area contributed by atoms with Crippen molar-refractivity contribution in [2.75, 3.05) is 6.54 Å². The molecule has 3 aliphatic heterocycles. The van der Waals surface area contributed by atoms with Gasteiger partial charge in [0.2, 0.25) is 5.91 Å². The number of hydrazine groups is 1. The summed E-state index contributed by atoms with van der Waals surface area (Å²) >= 11 is 0. The molecule has 20 heavy (non-hydrogen) atoms. The minimum atomic E-state index is -0.221. The lowest BCUT2D eigenvalue weighted by molar-refractivity contribution is -0.125. The first-order chi connectivity index (χ1) is 9.63. The Morgan fingerprint density at radius 3 is 2.90 bits per heavy atom. The molecule has 1 amide bonds. The molecule has 114 valence electrons. The minimum Gasteiger partial charge on any atom is -0.338 e. The summed E-state index contributed by atoms with van der Waals surface area (Å²) in [6.07, 6.45) is 5.75. The molecular weight excluding hydrogens is 256 g/mol. The molecule has 0 radical (unpaired) electrons. The lowest BCUT2D eigenvalue weighted by atomic mass is 10.0. The predicted octanol–water partition coefficient (Wildman–Crippen LogP) is 0.510. The molecule has 0 aliphatic carbocycles. The van der Waals surface area contributed by atoms with E-state index < -0.39 is 0 Å². The van der Waals surface area contributed by atoms with Crippen LogP contribution in [0.15, 0.2) is 0 Å². The largest absolute Gasteiger partial charge is 0.338 e. The summed E-state index contributed by atoms with van der Waals surface area (Å²) < 4.78 is 0. The van der Waals surface area contributed by atoms with Crippen molar-refractivity contribution in [3.05, 3.63) is 0 Å². The smallest absolute Gasteiger partial charge is 0.240 e. The van der Waals surface area contributed by atoms with Crippen molar-refractivity contribution in [1.29, 1.82) is 0 Å². The van der Waals surface area contributed by atoms with Gasteiger partial charge in [-0.1, -0.05) is 20.3 Å². The van der Waals surface area contributed by atoms with Crippen LogP contribution in [-0.4, -0.2) is 41.8 Å². The number of carbonyl (C=O) groups excluding carboxylic acids is 1. The highest BCUT2D eigenvalue weighted by atomic mass is 16.7. The van der Waals surface area contributed by atoms with Crippen molar-refractivity contribution >= 4 is 5.91 Å². The highest BCUT2D eigenvalue weighted by Gasteiger charge is 2.37. The van der Waals surface area contributed by atoms with Crippen LogP contribution in [0.5, 0.6) is 0 Å². The SMILES string of the molecule is CC(C)C1CC(C(=O)NC2CC3CCCCN3N2)NO1. The summed E-state index contributed by atoms with van der Waals surface area (Å²) in [5, 5.41) is 5.40. The number of hydrogen-bond donors (Lipinski definition) is 3. The zero-order chi connectivity index (χ0) is 14.1. The molecule has 4 unspecified atom stereocenters. The average Bonchev–Trinajstić information content (AvgIpc) is 3.04. The van der Waals surface area contributed by atoms with Gasteiger partial charge in [0.05, 0.1) is 12.3 Å². The summed E-state index contributed by atoms with van der Waals surface area (Å²) in [6.45, 7) is 5.32. The van der Waals surface area contributed by atoms with Gasteiger partial charge in [-0.2, -0.15) is 5.48 Å². The predicted molar refractivity (Wildman–Crippen MR) is 75.3 cm³/mol. The average molecular weight is 282 g/mol. The topological polar surface area (TPSA) is 65.6 Å². The molecule has 0 aromatic heterocycles. The Hall–Kier alpha value is -0.690. The van der Waals surface area contributed by atoms with E-state index in [0.717, 1.165) is 19.4 Å². The molecule has 0 aromatic rings. The fourth-order valence-electron chi connectivity index (χ4n) is 3.37. The number of amides is 1. The molecule has 3 fully saturated rings. The van der Waals surface area contributed by atoms with Crippen LogP contribution < -0.4 is 16.2 Å². The van der Waals surface area contributed by atoms with Gasteiger partial charge in [-0.15, -0.1) is 0 Å². The van der Waals surface area contributed by atoms with Crippen LogP contribution in [0.2, 0.25) is 0 Å². The molecule has 3 rings (SSSR count). The van der Waals surface area contributed by atoms with Gasteiger partial charge < -0.3 is 5.32 Å². The fourth-order valence-corrected chi connectivity index (χ4v) is 3.37. The molecule has 0 bridgehead atoms. The van der Waals surface area contributed by atoms with E-state index in [2.05, 4.69) is 35.1 Å². The fraction of sp³-hybridized carbons (Fsp3) is 0.929. The van der Waals surface area contributed by atoms with Crippen LogP contribution in [0.25, 0.3) is 0 Å². The molecule has 3 heterocycles. The van der Waals surface area contributed by atoms with E-state index in [4.69, 9.17) is 4.84 Å². The number of rotatable bonds is 3. The monoisotopic (exact) mass is 282 g/mol. The van der Waals surface area contributed by atoms with E-state index in [1.54, 1.807) is 0 Å². The Balaban J connectivity index is 1.48. The van der Waals surface area contributed by atoms with Crippen LogP contribution in [0.1, 0.15) is 46.0 Å². The van der Waals surface area contributed by atoms with Gasteiger partial charge in [0.25, 0.3) is 0 Å². The van der Waals surface area contributed by atoms with Gasteiger partial charge in [-0.3, -0.25) is 9.63 Å². The van der Waals surface area contributed by atoms with E-state index in [9.17, 15) is 4.79 Å². The van der Waals surface area contributed by atoms with Crippen LogP contribution in [0, 0.1) is 5.92 Å². The number of piperidine rings is 1. The molecule has 0 aromatic carbocycles. The Morgan fingerprint density at radius 1 is 1.35 bits per heavy atom. The number of carbonyl (C=O) groups is 1. The number of nitrogens with zero attached hydrogens (tertiary/aromatic N) is 1. The quantitative estimate of drug-likeness (QED) is 0.704. The molecule has 6 heteroatoms. The summed E-state index contributed by atoms with van der Waals surface area (Å²) in [6, 6.07) is 0.368. The zero-order valence-electron chi connectivity index (χ0n) is 12.4. The highest BCUT2D eigenvalue weighted by Crippen LogP contribution is 2.24. The third kappa shape index (κ3) is 2.98. The summed E-state index contributed by atoms with van der Waals surface area (Å²) in [4.78, 5) is 17.7.